The number of carbonyl (C=O) groups is 3. The van der Waals surface area contributed by atoms with Gasteiger partial charge in [-0.15, -0.1) is 11.3 Å². The Morgan fingerprint density at radius 2 is 1.91 bits per heavy atom. The van der Waals surface area contributed by atoms with Crippen LogP contribution in [0, 0.1) is 0 Å². The number of para-hydroxylation sites is 1. The number of pyridine rings is 1. The first-order valence-corrected chi connectivity index (χ1v) is 12.4. The maximum absolute atomic E-state index is 13.1. The number of amides is 3. The minimum atomic E-state index is -0.382. The summed E-state index contributed by atoms with van der Waals surface area (Å²) in [6.45, 7) is 0.184. The molecule has 35 heavy (non-hydrogen) atoms. The number of benzene rings is 1. The summed E-state index contributed by atoms with van der Waals surface area (Å²) in [6, 6.07) is 18.6. The van der Waals surface area contributed by atoms with Crippen LogP contribution in [0.4, 0.5) is 4.79 Å². The van der Waals surface area contributed by atoms with Crippen LogP contribution < -0.4 is 5.32 Å². The highest BCUT2D eigenvalue weighted by molar-refractivity contribution is 8.18. The van der Waals surface area contributed by atoms with Gasteiger partial charge < -0.3 is 5.32 Å². The average Bonchev–Trinajstić information content (AvgIpc) is 3.62. The Bertz CT molecular complexity index is 1400. The molecule has 0 unspecified atom stereocenters. The molecule has 1 aromatic carbocycles. The van der Waals surface area contributed by atoms with Crippen molar-refractivity contribution in [2.24, 2.45) is 0 Å². The minimum Gasteiger partial charge on any atom is -0.349 e. The van der Waals surface area contributed by atoms with Crippen LogP contribution in [0.3, 0.4) is 0 Å². The van der Waals surface area contributed by atoms with E-state index in [9.17, 15) is 14.4 Å². The molecule has 1 aliphatic heterocycles. The largest absolute Gasteiger partial charge is 0.349 e. The Hall–Kier alpha value is -4.02. The third-order valence-corrected chi connectivity index (χ3v) is 6.99. The van der Waals surface area contributed by atoms with Gasteiger partial charge in [-0.3, -0.25) is 24.3 Å². The molecule has 4 heterocycles. The summed E-state index contributed by atoms with van der Waals surface area (Å²) in [5.41, 5.74) is 2.56. The molecule has 3 aromatic heterocycles. The quantitative estimate of drug-likeness (QED) is 0.376. The molecule has 0 atom stereocenters. The molecule has 174 valence electrons. The second kappa shape index (κ2) is 10.1. The second-order valence-corrected chi connectivity index (χ2v) is 9.46. The van der Waals surface area contributed by atoms with E-state index >= 15 is 0 Å². The van der Waals surface area contributed by atoms with Crippen LogP contribution >= 0.6 is 23.1 Å². The summed E-state index contributed by atoms with van der Waals surface area (Å²) < 4.78 is 1.60. The van der Waals surface area contributed by atoms with Gasteiger partial charge in [-0.1, -0.05) is 30.3 Å². The van der Waals surface area contributed by atoms with Crippen LogP contribution in [0.2, 0.25) is 0 Å². The predicted octanol–water partition coefficient (Wildman–Crippen LogP) is 4.46. The first kappa shape index (κ1) is 22.8. The fourth-order valence-corrected chi connectivity index (χ4v) is 5.08. The fraction of sp³-hybridized carbons (Fsp3) is 0.0800. The van der Waals surface area contributed by atoms with Crippen LogP contribution in [0.1, 0.15) is 16.1 Å². The molecule has 0 aliphatic carbocycles. The molecule has 1 N–H and O–H groups in total. The molecule has 1 fully saturated rings. The summed E-state index contributed by atoms with van der Waals surface area (Å²) in [5.74, 6) is -0.727. The average molecular weight is 502 g/mol. The zero-order valence-corrected chi connectivity index (χ0v) is 20.0. The van der Waals surface area contributed by atoms with Gasteiger partial charge in [0.25, 0.3) is 17.1 Å². The van der Waals surface area contributed by atoms with Crippen LogP contribution in [0.25, 0.3) is 22.3 Å². The summed E-state index contributed by atoms with van der Waals surface area (Å²) in [6.07, 6.45) is 4.90. The second-order valence-electron chi connectivity index (χ2n) is 7.52. The number of imide groups is 1. The van der Waals surface area contributed by atoms with Crippen LogP contribution in [-0.2, 0) is 4.79 Å². The van der Waals surface area contributed by atoms with Gasteiger partial charge in [0, 0.05) is 25.5 Å². The van der Waals surface area contributed by atoms with Gasteiger partial charge in [0.05, 0.1) is 15.5 Å². The highest BCUT2D eigenvalue weighted by atomic mass is 32.2. The van der Waals surface area contributed by atoms with Gasteiger partial charge in [-0.2, -0.15) is 5.10 Å². The van der Waals surface area contributed by atoms with E-state index in [2.05, 4.69) is 15.4 Å². The number of hydrogen-bond donors (Lipinski definition) is 1. The smallest absolute Gasteiger partial charge is 0.293 e. The molecule has 10 heteroatoms. The Kier molecular flexibility index (Phi) is 6.55. The zero-order chi connectivity index (χ0) is 24.2. The van der Waals surface area contributed by atoms with Crippen molar-refractivity contribution in [1.82, 2.24) is 25.0 Å². The normalized spacial score (nSPS) is 14.6. The van der Waals surface area contributed by atoms with E-state index in [0.29, 0.717) is 16.3 Å². The molecule has 3 amide bonds. The lowest BCUT2D eigenvalue weighted by Crippen LogP contribution is -2.37. The maximum Gasteiger partial charge on any atom is 0.293 e. The molecule has 5 rings (SSSR count). The van der Waals surface area contributed by atoms with E-state index in [1.165, 1.54) is 0 Å². The highest BCUT2D eigenvalue weighted by Gasteiger charge is 2.34. The number of thioether (sulfide) groups is 1. The third kappa shape index (κ3) is 4.93. The van der Waals surface area contributed by atoms with E-state index in [1.807, 2.05) is 53.9 Å². The molecular weight excluding hydrogens is 482 g/mol. The third-order valence-electron chi connectivity index (χ3n) is 5.19. The SMILES string of the molecule is O=C(NCCN1C(=O)SC(=Cc2cccnc2)C1=O)c1cc(-c2cccs2)nn1-c1ccccc1. The van der Waals surface area contributed by atoms with E-state index < -0.39 is 0 Å². The predicted molar refractivity (Wildman–Crippen MR) is 136 cm³/mol. The van der Waals surface area contributed by atoms with E-state index in [1.54, 1.807) is 46.6 Å². The molecule has 1 saturated heterocycles. The summed E-state index contributed by atoms with van der Waals surface area (Å²) in [5, 5.41) is 9.04. The molecule has 0 spiro atoms. The van der Waals surface area contributed by atoms with Crippen molar-refractivity contribution < 1.29 is 14.4 Å². The summed E-state index contributed by atoms with van der Waals surface area (Å²) in [7, 11) is 0. The molecule has 0 saturated carbocycles. The number of carbonyl (C=O) groups excluding carboxylic acids is 3. The maximum atomic E-state index is 13.1. The molecular formula is C25H19N5O3S2. The Balaban J connectivity index is 1.29. The number of rotatable bonds is 7. The van der Waals surface area contributed by atoms with Crippen LogP contribution in [-0.4, -0.2) is 49.8 Å². The van der Waals surface area contributed by atoms with Gasteiger partial charge in [-0.05, 0) is 59.1 Å². The summed E-state index contributed by atoms with van der Waals surface area (Å²) in [4.78, 5) is 44.6. The van der Waals surface area contributed by atoms with Gasteiger partial charge >= 0.3 is 0 Å². The standard InChI is InChI=1S/C25H19N5O3S2/c31-23(20-15-19(21-9-5-13-34-21)28-30(20)18-7-2-1-3-8-18)27-11-12-29-24(32)22(35-25(29)33)14-17-6-4-10-26-16-17/h1-10,13-16H,11-12H2,(H,27,31). The van der Waals surface area contributed by atoms with E-state index in [-0.39, 0.29) is 30.1 Å². The molecule has 1 aliphatic rings. The van der Waals surface area contributed by atoms with Crippen molar-refractivity contribution in [2.75, 3.05) is 13.1 Å². The lowest BCUT2D eigenvalue weighted by Gasteiger charge is -2.13. The van der Waals surface area contributed by atoms with Crippen molar-refractivity contribution in [1.29, 1.82) is 0 Å². The Labute approximate surface area is 209 Å². The van der Waals surface area contributed by atoms with Crippen molar-refractivity contribution in [3.8, 4) is 16.3 Å². The van der Waals surface area contributed by atoms with E-state index in [0.717, 1.165) is 32.8 Å². The first-order chi connectivity index (χ1) is 17.1. The zero-order valence-electron chi connectivity index (χ0n) is 18.3. The number of thiophene rings is 1. The number of hydrogen-bond acceptors (Lipinski definition) is 7. The van der Waals surface area contributed by atoms with Gasteiger partial charge in [0.1, 0.15) is 11.4 Å². The van der Waals surface area contributed by atoms with Crippen LogP contribution in [0.5, 0.6) is 0 Å². The number of aromatic nitrogens is 3. The lowest BCUT2D eigenvalue weighted by molar-refractivity contribution is -0.122. The minimum absolute atomic E-state index is 0.0675. The molecule has 0 radical (unpaired) electrons. The summed E-state index contributed by atoms with van der Waals surface area (Å²) >= 11 is 2.42. The topological polar surface area (TPSA) is 97.2 Å². The molecule has 4 aromatic rings. The van der Waals surface area contributed by atoms with Gasteiger partial charge in [0.15, 0.2) is 0 Å². The first-order valence-electron chi connectivity index (χ1n) is 10.7. The van der Waals surface area contributed by atoms with Gasteiger partial charge in [-0.25, -0.2) is 4.68 Å². The number of nitrogens with one attached hydrogen (secondary N) is 1. The monoisotopic (exact) mass is 501 g/mol. The number of nitrogens with zero attached hydrogens (tertiary/aromatic N) is 4. The van der Waals surface area contributed by atoms with Crippen molar-refractivity contribution in [2.45, 2.75) is 0 Å². The molecule has 8 nitrogen and oxygen atoms in total. The van der Waals surface area contributed by atoms with Crippen molar-refractivity contribution >= 4 is 46.2 Å². The molecule has 0 bridgehead atoms. The van der Waals surface area contributed by atoms with Crippen LogP contribution in [0.15, 0.2) is 83.3 Å². The van der Waals surface area contributed by atoms with Crippen molar-refractivity contribution in [3.63, 3.8) is 0 Å². The fourth-order valence-electron chi connectivity index (χ4n) is 3.53. The van der Waals surface area contributed by atoms with Gasteiger partial charge in [0.2, 0.25) is 0 Å². The Morgan fingerprint density at radius 3 is 2.66 bits per heavy atom. The lowest BCUT2D eigenvalue weighted by atomic mass is 10.2. The van der Waals surface area contributed by atoms with Crippen molar-refractivity contribution in [3.05, 3.63) is 94.6 Å². The van der Waals surface area contributed by atoms with E-state index in [4.69, 9.17) is 0 Å². The Morgan fingerprint density at radius 1 is 1.06 bits per heavy atom. The highest BCUT2D eigenvalue weighted by Crippen LogP contribution is 2.31.